The van der Waals surface area contributed by atoms with Gasteiger partial charge in [-0.15, -0.1) is 0 Å². The molecule has 8 aromatic carbocycles. The van der Waals surface area contributed by atoms with Gasteiger partial charge in [0.05, 0.1) is 22.1 Å². The van der Waals surface area contributed by atoms with Crippen LogP contribution in [0.4, 0.5) is 0 Å². The molecule has 4 aromatic heterocycles. The average Bonchev–Trinajstić information content (AvgIpc) is 4.07. The molecule has 0 saturated heterocycles. The van der Waals surface area contributed by atoms with E-state index in [0.29, 0.717) is 0 Å². The highest BCUT2D eigenvalue weighted by atomic mass is 127. The van der Waals surface area contributed by atoms with Crippen molar-refractivity contribution in [3.63, 3.8) is 0 Å². The van der Waals surface area contributed by atoms with Gasteiger partial charge in [0, 0.05) is 85.3 Å². The van der Waals surface area contributed by atoms with Crippen LogP contribution in [0.5, 0.6) is 0 Å². The second-order valence-electron chi connectivity index (χ2n) is 14.3. The number of hydrogen-bond acceptors (Lipinski definition) is 0. The van der Waals surface area contributed by atoms with Crippen molar-refractivity contribution in [1.29, 1.82) is 0 Å². The summed E-state index contributed by atoms with van der Waals surface area (Å²) in [5.74, 6) is 0. The highest BCUT2D eigenvalue weighted by molar-refractivity contribution is 14.1. The summed E-state index contributed by atoms with van der Waals surface area (Å²) in [5.41, 5.74) is 10.8. The number of rotatable bonds is 3. The van der Waals surface area contributed by atoms with Gasteiger partial charge < -0.3 is 18.7 Å². The van der Waals surface area contributed by atoms with Crippen LogP contribution in [0.15, 0.2) is 215 Å². The number of benzene rings is 8. The standard InChI is InChI=1S/C26H17BrN2.C20H13BrN2.C6H5I/c27-19-12-14-23-22(17-19)25-24(29(23)21-9-5-2-6-10-21)13-11-18-15-16-28(26(18)25)20-7-3-1-4-8-20;21-14-7-9-17-16(12-14)19-18(22-17)8-6-13-10-11-23(20(13)19)15-4-2-1-3-5-15;7-6-4-2-1-3-5-6/h1-17H;1-12,22H;1-5H. The van der Waals surface area contributed by atoms with Crippen LogP contribution >= 0.6 is 54.5 Å². The maximum atomic E-state index is 3.69. The van der Waals surface area contributed by atoms with Crippen LogP contribution < -0.4 is 0 Å². The number of hydrogen-bond donors (Lipinski definition) is 1. The van der Waals surface area contributed by atoms with Gasteiger partial charge in [-0.2, -0.15) is 0 Å². The average molecular weight is 1000 g/mol. The minimum Gasteiger partial charge on any atom is -0.354 e. The van der Waals surface area contributed by atoms with Gasteiger partial charge in [0.1, 0.15) is 0 Å². The van der Waals surface area contributed by atoms with Crippen LogP contribution in [0, 0.1) is 3.57 Å². The van der Waals surface area contributed by atoms with Crippen molar-refractivity contribution in [2.24, 2.45) is 0 Å². The van der Waals surface area contributed by atoms with Gasteiger partial charge in [-0.3, -0.25) is 0 Å². The van der Waals surface area contributed by atoms with E-state index in [4.69, 9.17) is 0 Å². The lowest BCUT2D eigenvalue weighted by Crippen LogP contribution is -1.94. The number of fused-ring (bicyclic) bond motifs is 10. The third-order valence-corrected chi connectivity index (χ3v) is 12.4. The van der Waals surface area contributed by atoms with Crippen molar-refractivity contribution in [2.45, 2.75) is 0 Å². The zero-order chi connectivity index (χ0) is 39.9. The second kappa shape index (κ2) is 16.1. The summed E-state index contributed by atoms with van der Waals surface area (Å²) in [5, 5.41) is 7.54. The molecule has 0 aliphatic rings. The third-order valence-electron chi connectivity index (χ3n) is 10.7. The van der Waals surface area contributed by atoms with Crippen molar-refractivity contribution in [2.75, 3.05) is 0 Å². The van der Waals surface area contributed by atoms with Crippen LogP contribution in [0.25, 0.3) is 82.5 Å². The third kappa shape index (κ3) is 7.07. The van der Waals surface area contributed by atoms with Gasteiger partial charge in [-0.1, -0.05) is 117 Å². The Bertz CT molecular complexity index is 3400. The van der Waals surface area contributed by atoms with E-state index in [-0.39, 0.29) is 0 Å². The number of nitrogens with zero attached hydrogens (tertiary/aromatic N) is 3. The summed E-state index contributed by atoms with van der Waals surface area (Å²) in [6.45, 7) is 0. The number of nitrogens with one attached hydrogen (secondary N) is 1. The number of halogens is 3. The molecule has 0 bridgehead atoms. The Kier molecular flexibility index (Phi) is 10.2. The molecule has 1 N–H and O–H groups in total. The normalized spacial score (nSPS) is 11.3. The predicted molar refractivity (Wildman–Crippen MR) is 265 cm³/mol. The predicted octanol–water partition coefficient (Wildman–Crippen LogP) is 15.8. The Morgan fingerprint density at radius 2 is 0.881 bits per heavy atom. The summed E-state index contributed by atoms with van der Waals surface area (Å²) in [7, 11) is 0. The largest absolute Gasteiger partial charge is 0.354 e. The molecule has 0 radical (unpaired) electrons. The molecule has 0 fully saturated rings. The first-order valence-corrected chi connectivity index (χ1v) is 22.0. The van der Waals surface area contributed by atoms with Crippen molar-refractivity contribution in [3.05, 3.63) is 219 Å². The molecule has 12 aromatic rings. The summed E-state index contributed by atoms with van der Waals surface area (Å²) in [4.78, 5) is 3.53. The van der Waals surface area contributed by atoms with Crippen LogP contribution in [0.3, 0.4) is 0 Å². The van der Waals surface area contributed by atoms with Crippen LogP contribution in [-0.2, 0) is 0 Å². The van der Waals surface area contributed by atoms with Crippen molar-refractivity contribution in [1.82, 2.24) is 18.7 Å². The highest BCUT2D eigenvalue weighted by Gasteiger charge is 2.18. The van der Waals surface area contributed by atoms with E-state index >= 15 is 0 Å². The zero-order valence-corrected chi connectivity index (χ0v) is 36.9. The molecule has 59 heavy (non-hydrogen) atoms. The van der Waals surface area contributed by atoms with Gasteiger partial charge >= 0.3 is 0 Å². The number of para-hydroxylation sites is 3. The van der Waals surface area contributed by atoms with E-state index in [1.54, 1.807) is 0 Å². The second-order valence-corrected chi connectivity index (χ2v) is 17.4. The first-order valence-electron chi connectivity index (χ1n) is 19.3. The van der Waals surface area contributed by atoms with Crippen LogP contribution in [0.2, 0.25) is 0 Å². The van der Waals surface area contributed by atoms with E-state index < -0.39 is 0 Å². The molecule has 7 heteroatoms. The molecule has 4 heterocycles. The summed E-state index contributed by atoms with van der Waals surface area (Å²) in [6, 6.07) is 68.0. The lowest BCUT2D eigenvalue weighted by Gasteiger charge is -2.09. The van der Waals surface area contributed by atoms with Crippen LogP contribution in [-0.4, -0.2) is 18.7 Å². The molecule has 12 rings (SSSR count). The Morgan fingerprint density at radius 1 is 0.407 bits per heavy atom. The molecular formula is C52H35Br2IN4. The lowest BCUT2D eigenvalue weighted by atomic mass is 10.1. The summed E-state index contributed by atoms with van der Waals surface area (Å²) in [6.07, 6.45) is 4.32. The molecule has 0 aliphatic carbocycles. The molecule has 0 unspecified atom stereocenters. The molecule has 284 valence electrons. The molecule has 0 atom stereocenters. The number of aromatic nitrogens is 4. The minimum atomic E-state index is 1.09. The number of H-pyrrole nitrogens is 1. The minimum absolute atomic E-state index is 1.09. The fourth-order valence-electron chi connectivity index (χ4n) is 8.17. The Balaban J connectivity index is 0.000000125. The summed E-state index contributed by atoms with van der Waals surface area (Å²) >= 11 is 9.57. The van der Waals surface area contributed by atoms with E-state index in [1.165, 1.54) is 80.5 Å². The van der Waals surface area contributed by atoms with Gasteiger partial charge in [-0.05, 0) is 132 Å². The Labute approximate surface area is 371 Å². The summed E-state index contributed by atoms with van der Waals surface area (Å²) < 4.78 is 10.4. The van der Waals surface area contributed by atoms with E-state index in [0.717, 1.165) is 14.5 Å². The Morgan fingerprint density at radius 3 is 1.46 bits per heavy atom. The molecule has 0 amide bonds. The fourth-order valence-corrected chi connectivity index (χ4v) is 9.30. The zero-order valence-electron chi connectivity index (χ0n) is 31.6. The van der Waals surface area contributed by atoms with Crippen molar-refractivity contribution in [3.8, 4) is 17.1 Å². The maximum absolute atomic E-state index is 3.69. The molecular weight excluding hydrogens is 967 g/mol. The SMILES string of the molecule is Brc1ccc2[nH]c3ccc4ccn(-c5ccccc5)c4c3c2c1.Brc1ccc2c(c1)c1c3c(ccc1n2-c1ccccc1)ccn3-c1ccccc1.Ic1ccccc1. The monoisotopic (exact) mass is 1000 g/mol. The first-order chi connectivity index (χ1) is 29.0. The lowest BCUT2D eigenvalue weighted by molar-refractivity contribution is 1.13. The van der Waals surface area contributed by atoms with Gasteiger partial charge in [0.25, 0.3) is 0 Å². The van der Waals surface area contributed by atoms with E-state index in [1.807, 2.05) is 24.3 Å². The topological polar surface area (TPSA) is 30.6 Å². The van der Waals surface area contributed by atoms with Crippen LogP contribution in [0.1, 0.15) is 0 Å². The van der Waals surface area contributed by atoms with Gasteiger partial charge in [0.2, 0.25) is 0 Å². The Hall–Kier alpha value is -5.87. The smallest absolute Gasteiger partial charge is 0.0628 e. The first kappa shape index (κ1) is 37.4. The fraction of sp³-hybridized carbons (Fsp3) is 0. The molecule has 4 nitrogen and oxygen atoms in total. The van der Waals surface area contributed by atoms with Gasteiger partial charge in [0.15, 0.2) is 0 Å². The number of aromatic amines is 1. The molecule has 0 aliphatic heterocycles. The van der Waals surface area contributed by atoms with Gasteiger partial charge in [-0.25, -0.2) is 0 Å². The van der Waals surface area contributed by atoms with E-state index in [9.17, 15) is 0 Å². The molecule has 0 spiro atoms. The van der Waals surface area contributed by atoms with Crippen molar-refractivity contribution >= 4 is 120 Å². The highest BCUT2D eigenvalue weighted by Crippen LogP contribution is 2.39. The van der Waals surface area contributed by atoms with E-state index in [2.05, 4.69) is 255 Å². The quantitative estimate of drug-likeness (QED) is 0.171. The van der Waals surface area contributed by atoms with Crippen molar-refractivity contribution < 1.29 is 0 Å². The molecule has 0 saturated carbocycles. The maximum Gasteiger partial charge on any atom is 0.0628 e.